The van der Waals surface area contributed by atoms with Crippen molar-refractivity contribution in [3.63, 3.8) is 0 Å². The van der Waals surface area contributed by atoms with Gasteiger partial charge in [-0.1, -0.05) is 50.6 Å². The summed E-state index contributed by atoms with van der Waals surface area (Å²) in [5, 5.41) is 0.458. The van der Waals surface area contributed by atoms with Gasteiger partial charge < -0.3 is 14.4 Å². The molecule has 0 unspecified atom stereocenters. The molecular formula is C29H38ClNO4. The standard InChI is InChI=1S/C29H38ClNO4/c1-4-5-6-7-8-9-16-35-29-20(30)17-19(18-25(29)34-3)26-27-21(12-10-14-23(27)32)31(2)22-13-11-15-24(33)28(22)26/h17-18,26H,4-16H2,1-3H3. The Morgan fingerprint density at radius 2 is 1.51 bits per heavy atom. The molecule has 0 bridgehead atoms. The monoisotopic (exact) mass is 499 g/mol. The lowest BCUT2D eigenvalue weighted by Crippen LogP contribution is -2.37. The van der Waals surface area contributed by atoms with E-state index in [1.807, 2.05) is 19.2 Å². The highest BCUT2D eigenvalue weighted by Crippen LogP contribution is 2.50. The van der Waals surface area contributed by atoms with Gasteiger partial charge in [0.1, 0.15) is 0 Å². The van der Waals surface area contributed by atoms with Crippen LogP contribution in [0.4, 0.5) is 0 Å². The smallest absolute Gasteiger partial charge is 0.179 e. The lowest BCUT2D eigenvalue weighted by atomic mass is 9.71. The predicted octanol–water partition coefficient (Wildman–Crippen LogP) is 7.13. The van der Waals surface area contributed by atoms with Crippen molar-refractivity contribution >= 4 is 23.2 Å². The molecule has 1 heterocycles. The molecule has 0 aromatic heterocycles. The highest BCUT2D eigenvalue weighted by Gasteiger charge is 2.42. The second kappa shape index (κ2) is 11.6. The van der Waals surface area contributed by atoms with Gasteiger partial charge >= 0.3 is 0 Å². The number of unbranched alkanes of at least 4 members (excludes halogenated alkanes) is 5. The number of Topliss-reactive ketones (excluding diaryl/α,β-unsaturated/α-hetero) is 2. The third-order valence-electron chi connectivity index (χ3n) is 7.57. The Hall–Kier alpha value is -2.27. The van der Waals surface area contributed by atoms with Crippen molar-refractivity contribution in [2.45, 2.75) is 89.9 Å². The lowest BCUT2D eigenvalue weighted by molar-refractivity contribution is -0.117. The van der Waals surface area contributed by atoms with Crippen LogP contribution in [0, 0.1) is 0 Å². The third-order valence-corrected chi connectivity index (χ3v) is 7.85. The molecule has 0 radical (unpaired) electrons. The summed E-state index contributed by atoms with van der Waals surface area (Å²) < 4.78 is 11.8. The second-order valence-corrected chi connectivity index (χ2v) is 10.3. The minimum absolute atomic E-state index is 0.131. The van der Waals surface area contributed by atoms with E-state index in [-0.39, 0.29) is 11.6 Å². The van der Waals surface area contributed by atoms with Crippen molar-refractivity contribution in [3.05, 3.63) is 45.3 Å². The van der Waals surface area contributed by atoms with E-state index in [1.54, 1.807) is 7.11 Å². The number of nitrogens with zero attached hydrogens (tertiary/aromatic N) is 1. The van der Waals surface area contributed by atoms with Crippen molar-refractivity contribution in [1.82, 2.24) is 4.90 Å². The summed E-state index contributed by atoms with van der Waals surface area (Å²) >= 11 is 6.75. The van der Waals surface area contributed by atoms with E-state index in [9.17, 15) is 9.59 Å². The van der Waals surface area contributed by atoms with Crippen molar-refractivity contribution in [2.75, 3.05) is 20.8 Å². The highest BCUT2D eigenvalue weighted by molar-refractivity contribution is 6.32. The number of hydrogen-bond acceptors (Lipinski definition) is 5. The molecule has 0 saturated carbocycles. The number of hydrogen-bond donors (Lipinski definition) is 0. The van der Waals surface area contributed by atoms with Gasteiger partial charge in [-0.25, -0.2) is 0 Å². The molecule has 4 rings (SSSR count). The van der Waals surface area contributed by atoms with Crippen molar-refractivity contribution in [1.29, 1.82) is 0 Å². The first-order valence-electron chi connectivity index (χ1n) is 13.2. The van der Waals surface area contributed by atoms with Crippen LogP contribution >= 0.6 is 11.6 Å². The molecule has 0 N–H and O–H groups in total. The summed E-state index contributed by atoms with van der Waals surface area (Å²) in [5.41, 5.74) is 4.45. The minimum Gasteiger partial charge on any atom is -0.493 e. The van der Waals surface area contributed by atoms with Crippen LogP contribution in [0.5, 0.6) is 11.5 Å². The van der Waals surface area contributed by atoms with Crippen molar-refractivity contribution in [3.8, 4) is 11.5 Å². The number of ether oxygens (including phenoxy) is 2. The molecule has 0 fully saturated rings. The Balaban J connectivity index is 1.65. The molecule has 6 heteroatoms. The molecule has 0 atom stereocenters. The Kier molecular flexibility index (Phi) is 8.59. The van der Waals surface area contributed by atoms with Gasteiger partial charge in [-0.2, -0.15) is 0 Å². The van der Waals surface area contributed by atoms with Crippen LogP contribution in [0.1, 0.15) is 95.5 Å². The number of carbonyl (C=O) groups is 2. The summed E-state index contributed by atoms with van der Waals surface area (Å²) in [6.45, 7) is 2.80. The maximum absolute atomic E-state index is 13.2. The van der Waals surface area contributed by atoms with Crippen LogP contribution < -0.4 is 9.47 Å². The Bertz CT molecular complexity index is 997. The average molecular weight is 500 g/mol. The molecule has 0 amide bonds. The van der Waals surface area contributed by atoms with Gasteiger partial charge in [-0.05, 0) is 49.8 Å². The number of methoxy groups -OCH3 is 1. The zero-order valence-electron chi connectivity index (χ0n) is 21.4. The summed E-state index contributed by atoms with van der Waals surface area (Å²) in [4.78, 5) is 28.5. The molecule has 5 nitrogen and oxygen atoms in total. The van der Waals surface area contributed by atoms with Gasteiger partial charge in [0, 0.05) is 48.3 Å². The highest BCUT2D eigenvalue weighted by atomic mass is 35.5. The number of allylic oxidation sites excluding steroid dienone is 4. The molecule has 2 aliphatic carbocycles. The van der Waals surface area contributed by atoms with Gasteiger partial charge in [0.2, 0.25) is 0 Å². The maximum Gasteiger partial charge on any atom is 0.179 e. The lowest BCUT2D eigenvalue weighted by Gasteiger charge is -2.42. The summed E-state index contributed by atoms with van der Waals surface area (Å²) in [6.07, 6.45) is 11.5. The zero-order chi connectivity index (χ0) is 24.9. The number of halogens is 1. The zero-order valence-corrected chi connectivity index (χ0v) is 22.1. The van der Waals surface area contributed by atoms with Gasteiger partial charge in [0.05, 0.1) is 18.7 Å². The molecule has 0 spiro atoms. The first-order chi connectivity index (χ1) is 17.0. The molecule has 3 aliphatic rings. The SMILES string of the molecule is CCCCCCCCOc1c(Cl)cc(C2C3=C(CCCC3=O)N(C)C3=C2C(=O)CCC3)cc1OC. The predicted molar refractivity (Wildman–Crippen MR) is 139 cm³/mol. The fraction of sp³-hybridized carbons (Fsp3) is 0.586. The van der Waals surface area contributed by atoms with Crippen LogP contribution in [0.3, 0.4) is 0 Å². The maximum atomic E-state index is 13.2. The number of rotatable bonds is 10. The summed E-state index contributed by atoms with van der Waals surface area (Å²) in [6, 6.07) is 3.78. The van der Waals surface area contributed by atoms with Crippen molar-refractivity contribution < 1.29 is 19.1 Å². The van der Waals surface area contributed by atoms with Gasteiger partial charge in [0.15, 0.2) is 23.1 Å². The summed E-state index contributed by atoms with van der Waals surface area (Å²) in [5.74, 6) is 0.954. The Labute approximate surface area is 214 Å². The van der Waals surface area contributed by atoms with Gasteiger partial charge in [-0.15, -0.1) is 0 Å². The molecule has 0 saturated heterocycles. The average Bonchev–Trinajstić information content (AvgIpc) is 2.85. The van der Waals surface area contributed by atoms with Crippen molar-refractivity contribution in [2.24, 2.45) is 0 Å². The molecule has 35 heavy (non-hydrogen) atoms. The van der Waals surface area contributed by atoms with Crippen LogP contribution in [0.15, 0.2) is 34.7 Å². The first kappa shape index (κ1) is 25.8. The van der Waals surface area contributed by atoms with E-state index in [2.05, 4.69) is 11.8 Å². The van der Waals surface area contributed by atoms with E-state index in [0.29, 0.717) is 36.0 Å². The summed E-state index contributed by atoms with van der Waals surface area (Å²) in [7, 11) is 3.61. The van der Waals surface area contributed by atoms with Crippen LogP contribution in [-0.4, -0.2) is 37.2 Å². The number of benzene rings is 1. The van der Waals surface area contributed by atoms with E-state index < -0.39 is 5.92 Å². The van der Waals surface area contributed by atoms with Gasteiger partial charge in [-0.3, -0.25) is 9.59 Å². The van der Waals surface area contributed by atoms with Crippen LogP contribution in [0.2, 0.25) is 5.02 Å². The largest absolute Gasteiger partial charge is 0.493 e. The van der Waals surface area contributed by atoms with E-state index >= 15 is 0 Å². The minimum atomic E-state index is -0.393. The normalized spacial score (nSPS) is 18.7. The topological polar surface area (TPSA) is 55.8 Å². The number of ketones is 2. The molecule has 1 aliphatic heterocycles. The van der Waals surface area contributed by atoms with E-state index in [4.69, 9.17) is 21.1 Å². The molecule has 1 aromatic rings. The quantitative estimate of drug-likeness (QED) is 0.320. The van der Waals surface area contributed by atoms with E-state index in [0.717, 1.165) is 66.6 Å². The molecule has 190 valence electrons. The Morgan fingerprint density at radius 3 is 2.11 bits per heavy atom. The first-order valence-corrected chi connectivity index (χ1v) is 13.6. The van der Waals surface area contributed by atoms with Crippen LogP contribution in [-0.2, 0) is 9.59 Å². The molecular weight excluding hydrogens is 462 g/mol. The molecule has 1 aromatic carbocycles. The third kappa shape index (κ3) is 5.30. The second-order valence-electron chi connectivity index (χ2n) is 9.92. The fourth-order valence-electron chi connectivity index (χ4n) is 5.79. The fourth-order valence-corrected chi connectivity index (χ4v) is 6.06. The Morgan fingerprint density at radius 1 is 0.914 bits per heavy atom. The van der Waals surface area contributed by atoms with Crippen LogP contribution in [0.25, 0.3) is 0 Å². The van der Waals surface area contributed by atoms with E-state index in [1.165, 1.54) is 25.7 Å². The number of carbonyl (C=O) groups excluding carboxylic acids is 2. The van der Waals surface area contributed by atoms with Gasteiger partial charge in [0.25, 0.3) is 0 Å².